The van der Waals surface area contributed by atoms with E-state index in [1.807, 2.05) is 54.6 Å². The van der Waals surface area contributed by atoms with Crippen LogP contribution in [-0.4, -0.2) is 38.2 Å². The minimum absolute atomic E-state index is 0. The Morgan fingerprint density at radius 1 is 0.252 bits per heavy atom. The average Bonchev–Trinajstić information content (AvgIpc) is 1.59. The van der Waals surface area contributed by atoms with Crippen molar-refractivity contribution >= 4 is 122 Å². The summed E-state index contributed by atoms with van der Waals surface area (Å²) in [5.41, 5.74) is 27.0. The summed E-state index contributed by atoms with van der Waals surface area (Å²) in [7, 11) is 0. The lowest BCUT2D eigenvalue weighted by Crippen LogP contribution is -2.01. The molecule has 0 saturated carbocycles. The molecule has 22 rings (SSSR count). The highest BCUT2D eigenvalue weighted by Crippen LogP contribution is 2.44. The summed E-state index contributed by atoms with van der Waals surface area (Å²) in [6.45, 7) is 0. The standard InChI is InChI=1S/C59H42N4.C50H34N4.2CH4/c1-4-19-41(20-5-1)51-39-52(42-21-6-2-7-22-42)61-58(60-51)33-16-18-40-34-35-55-50(36-40)48-27-12-14-30-53(48)63(55)57-38-44(37-43-23-10-11-26-46(43)57)47-29-17-32-56-59(47)49-28-13-15-31-54(49)62(56)45-24-8-3-9-25-45;1-4-14-37(15-5-1)44-34-45(38-16-6-2-7-17-38)52-50(51-44)29-26-35-24-27-47-42(32-35)40-20-10-12-22-46(40)53(47)31-30-36-25-28-49-43(33-36)41-21-11-13-23-48(41)54(49)39-18-8-3-9-19-39;;/h1-15,17,19-32,34-39H,16,18,33H2;1-34H;2*1H4/b;29-26+,31-30+;;. The van der Waals surface area contributed by atoms with E-state index in [1.165, 1.54) is 109 Å². The molecule has 0 spiro atoms. The van der Waals surface area contributed by atoms with E-state index in [-0.39, 0.29) is 14.9 Å². The molecule has 8 nitrogen and oxygen atoms in total. The van der Waals surface area contributed by atoms with Gasteiger partial charge in [0.15, 0.2) is 5.82 Å². The van der Waals surface area contributed by atoms with E-state index >= 15 is 0 Å². The van der Waals surface area contributed by atoms with E-state index in [4.69, 9.17) is 19.9 Å². The van der Waals surface area contributed by atoms with Crippen molar-refractivity contribution in [3.05, 3.63) is 429 Å². The highest BCUT2D eigenvalue weighted by Gasteiger charge is 2.22. The van der Waals surface area contributed by atoms with Gasteiger partial charge in [-0.3, -0.25) is 0 Å². The lowest BCUT2D eigenvalue weighted by Gasteiger charge is -2.15. The first kappa shape index (κ1) is 73.8. The number of hydrogen-bond donors (Lipinski definition) is 0. The maximum atomic E-state index is 5.07. The zero-order valence-electron chi connectivity index (χ0n) is 64.1. The van der Waals surface area contributed by atoms with Gasteiger partial charge in [-0.2, -0.15) is 0 Å². The summed E-state index contributed by atoms with van der Waals surface area (Å²) in [6, 6.07) is 143. The van der Waals surface area contributed by atoms with Crippen molar-refractivity contribution in [2.75, 3.05) is 0 Å². The molecule has 568 valence electrons. The summed E-state index contributed by atoms with van der Waals surface area (Å²) in [5.74, 6) is 1.55. The predicted octanol–water partition coefficient (Wildman–Crippen LogP) is 29.1. The van der Waals surface area contributed by atoms with Crippen LogP contribution < -0.4 is 0 Å². The number of fused-ring (bicyclic) bond motifs is 13. The van der Waals surface area contributed by atoms with Crippen LogP contribution in [0.3, 0.4) is 0 Å². The minimum Gasteiger partial charge on any atom is -0.316 e. The van der Waals surface area contributed by atoms with Gasteiger partial charge in [-0.15, -0.1) is 0 Å². The molecule has 6 aromatic heterocycles. The van der Waals surface area contributed by atoms with Gasteiger partial charge in [-0.05, 0) is 173 Å². The Morgan fingerprint density at radius 2 is 0.655 bits per heavy atom. The number of nitrogens with zero attached hydrogens (tertiary/aromatic N) is 8. The number of hydrogen-bond acceptors (Lipinski definition) is 4. The summed E-state index contributed by atoms with van der Waals surface area (Å²) < 4.78 is 9.54. The first-order valence-electron chi connectivity index (χ1n) is 40.1. The van der Waals surface area contributed by atoms with E-state index in [1.54, 1.807) is 0 Å². The average molecular weight is 1530 g/mol. The van der Waals surface area contributed by atoms with Crippen molar-refractivity contribution in [3.63, 3.8) is 0 Å². The lowest BCUT2D eigenvalue weighted by atomic mass is 9.95. The Balaban J connectivity index is 0.000000157. The maximum Gasteiger partial charge on any atom is 0.153 e. The molecule has 6 heterocycles. The highest BCUT2D eigenvalue weighted by atomic mass is 15.0. The number of rotatable bonds is 16. The molecule has 119 heavy (non-hydrogen) atoms. The van der Waals surface area contributed by atoms with Crippen molar-refractivity contribution in [1.82, 2.24) is 38.2 Å². The molecule has 0 saturated heterocycles. The molecule has 0 bridgehead atoms. The normalized spacial score (nSPS) is 11.6. The third kappa shape index (κ3) is 14.0. The van der Waals surface area contributed by atoms with E-state index in [9.17, 15) is 0 Å². The molecule has 0 aliphatic heterocycles. The Kier molecular flexibility index (Phi) is 19.9. The Labute approximate surface area is 692 Å². The largest absolute Gasteiger partial charge is 0.316 e. The second-order valence-corrected chi connectivity index (χ2v) is 30.0. The van der Waals surface area contributed by atoms with Crippen molar-refractivity contribution in [3.8, 4) is 73.2 Å². The fourth-order valence-corrected chi connectivity index (χ4v) is 17.4. The van der Waals surface area contributed by atoms with Crippen molar-refractivity contribution < 1.29 is 0 Å². The van der Waals surface area contributed by atoms with Crippen LogP contribution in [0, 0.1) is 0 Å². The Bertz CT molecular complexity index is 7450. The number of benzene rings is 16. The predicted molar refractivity (Wildman–Crippen MR) is 504 cm³/mol. The SMILES string of the molecule is C.C.C(=C\c1nc(-c2ccccc2)cc(-c2ccccc2)n1)/c1ccc2c(c1)c1ccccc1n2/C=C/c1ccc2c(c1)c1ccccc1n2-c1ccccc1.c1ccc(-c2cc(-c3ccccc3)nc(CCCc3ccc4c(c3)c3ccccc3n4-c3cc(-c4cccc5c4c4ccccc4n5-c4ccccc4)cc4ccccc34)n2)cc1. The third-order valence-corrected chi connectivity index (χ3v) is 22.8. The lowest BCUT2D eigenvalue weighted by molar-refractivity contribution is 0.773. The van der Waals surface area contributed by atoms with Gasteiger partial charge in [-0.25, -0.2) is 19.9 Å². The maximum absolute atomic E-state index is 5.07. The van der Waals surface area contributed by atoms with Gasteiger partial charge in [0.1, 0.15) is 5.82 Å². The molecular weight excluding hydrogens is 1450 g/mol. The van der Waals surface area contributed by atoms with Crippen LogP contribution in [0.5, 0.6) is 0 Å². The van der Waals surface area contributed by atoms with Crippen molar-refractivity contribution in [2.24, 2.45) is 0 Å². The van der Waals surface area contributed by atoms with Gasteiger partial charge >= 0.3 is 0 Å². The first-order valence-corrected chi connectivity index (χ1v) is 40.1. The second-order valence-electron chi connectivity index (χ2n) is 30.0. The summed E-state index contributed by atoms with van der Waals surface area (Å²) in [5, 5.41) is 12.4. The van der Waals surface area contributed by atoms with Crippen molar-refractivity contribution in [1.29, 1.82) is 0 Å². The molecule has 0 N–H and O–H groups in total. The molecule has 0 unspecified atom stereocenters. The molecular formula is C111H84N8. The van der Waals surface area contributed by atoms with Gasteiger partial charge in [0.05, 0.1) is 72.6 Å². The second kappa shape index (κ2) is 32.1. The topological polar surface area (TPSA) is 71.3 Å². The summed E-state index contributed by atoms with van der Waals surface area (Å²) >= 11 is 0. The number of para-hydroxylation sites is 6. The van der Waals surface area contributed by atoms with Crippen LogP contribution in [-0.2, 0) is 12.8 Å². The molecule has 8 heteroatoms. The van der Waals surface area contributed by atoms with Crippen LogP contribution in [0.4, 0.5) is 0 Å². The quantitative estimate of drug-likeness (QED) is 0.0966. The smallest absolute Gasteiger partial charge is 0.153 e. The Hall–Kier alpha value is -15.4. The highest BCUT2D eigenvalue weighted by molar-refractivity contribution is 6.18. The molecule has 0 fully saturated rings. The molecule has 16 aromatic carbocycles. The van der Waals surface area contributed by atoms with E-state index in [2.05, 4.69) is 388 Å². The van der Waals surface area contributed by atoms with Crippen molar-refractivity contribution in [2.45, 2.75) is 34.1 Å². The first-order chi connectivity index (χ1) is 58.0. The van der Waals surface area contributed by atoms with Gasteiger partial charge in [0.2, 0.25) is 0 Å². The van der Waals surface area contributed by atoms with Gasteiger partial charge in [0.25, 0.3) is 0 Å². The van der Waals surface area contributed by atoms with Gasteiger partial charge < -0.3 is 18.3 Å². The van der Waals surface area contributed by atoms with Crippen LogP contribution in [0.15, 0.2) is 400 Å². The molecule has 0 amide bonds. The van der Waals surface area contributed by atoms with Gasteiger partial charge in [0, 0.05) is 94.7 Å². The minimum atomic E-state index is 0. The fraction of sp³-hybridized carbons (Fsp3) is 0.0450. The Morgan fingerprint density at radius 3 is 1.24 bits per heavy atom. The monoisotopic (exact) mass is 1530 g/mol. The number of aromatic nitrogens is 8. The van der Waals surface area contributed by atoms with Crippen LogP contribution in [0.1, 0.15) is 49.6 Å². The zero-order chi connectivity index (χ0) is 77.5. The van der Waals surface area contributed by atoms with E-state index in [0.717, 1.165) is 104 Å². The van der Waals surface area contributed by atoms with E-state index in [0.29, 0.717) is 5.82 Å². The molecule has 0 radical (unpaired) electrons. The number of aryl methyl sites for hydroxylation is 2. The fourth-order valence-electron chi connectivity index (χ4n) is 17.4. The molecule has 0 aliphatic rings. The molecule has 22 aromatic rings. The van der Waals surface area contributed by atoms with Gasteiger partial charge in [-0.1, -0.05) is 306 Å². The van der Waals surface area contributed by atoms with Crippen LogP contribution >= 0.6 is 0 Å². The third-order valence-electron chi connectivity index (χ3n) is 22.8. The summed E-state index contributed by atoms with van der Waals surface area (Å²) in [4.78, 5) is 20.1. The van der Waals surface area contributed by atoms with Crippen LogP contribution in [0.25, 0.3) is 196 Å². The van der Waals surface area contributed by atoms with E-state index < -0.39 is 0 Å². The molecule has 0 atom stereocenters. The van der Waals surface area contributed by atoms with Crippen LogP contribution in [0.2, 0.25) is 0 Å². The zero-order valence-corrected chi connectivity index (χ0v) is 64.1. The summed E-state index contributed by atoms with van der Waals surface area (Å²) in [6.07, 6.45) is 11.2. The molecule has 0 aliphatic carbocycles.